The monoisotopic (exact) mass is 372 g/mol. The molecule has 2 heterocycles. The first-order chi connectivity index (χ1) is 9.95. The van der Waals surface area contributed by atoms with Crippen molar-refractivity contribution in [1.29, 1.82) is 0 Å². The smallest absolute Gasteiger partial charge is 0.276 e. The molecule has 1 N–H and O–H groups in total. The van der Waals surface area contributed by atoms with E-state index in [4.69, 9.17) is 0 Å². The summed E-state index contributed by atoms with van der Waals surface area (Å²) in [4.78, 5) is 11.3. The standard InChI is InChI=1S/C10H6BrFN6O2S/c11-7-3-6(12)1-2-8(7)17-21(19,20)10-15-9-14-4-13-5-18(9)16-10/h1-5,17H. The van der Waals surface area contributed by atoms with E-state index in [0.717, 1.165) is 16.6 Å². The lowest BCUT2D eigenvalue weighted by atomic mass is 10.3. The van der Waals surface area contributed by atoms with Crippen LogP contribution in [-0.4, -0.2) is 33.0 Å². The molecular formula is C10H6BrFN6O2S. The molecule has 108 valence electrons. The molecule has 0 spiro atoms. The van der Waals surface area contributed by atoms with Gasteiger partial charge in [0.25, 0.3) is 21.0 Å². The Labute approximate surface area is 126 Å². The Balaban J connectivity index is 2.00. The van der Waals surface area contributed by atoms with Crippen LogP contribution in [0.25, 0.3) is 5.78 Å². The zero-order valence-electron chi connectivity index (χ0n) is 10.1. The molecule has 11 heteroatoms. The quantitative estimate of drug-likeness (QED) is 0.741. The predicted molar refractivity (Wildman–Crippen MR) is 73.5 cm³/mol. The summed E-state index contributed by atoms with van der Waals surface area (Å²) in [6.45, 7) is 0. The van der Waals surface area contributed by atoms with Crippen LogP contribution in [0.5, 0.6) is 0 Å². The number of nitrogens with zero attached hydrogens (tertiary/aromatic N) is 5. The van der Waals surface area contributed by atoms with Crippen LogP contribution in [0.2, 0.25) is 0 Å². The number of hydrogen-bond donors (Lipinski definition) is 1. The van der Waals surface area contributed by atoms with E-state index in [1.54, 1.807) is 0 Å². The van der Waals surface area contributed by atoms with Gasteiger partial charge in [-0.05, 0) is 34.1 Å². The Kier molecular flexibility index (Phi) is 3.29. The topological polar surface area (TPSA) is 102 Å². The number of benzene rings is 1. The SMILES string of the molecule is O=S(=O)(Nc1ccc(F)cc1Br)c1nc2ncncn2n1. The zero-order chi connectivity index (χ0) is 15.0. The molecule has 3 rings (SSSR count). The molecule has 0 aliphatic rings. The van der Waals surface area contributed by atoms with E-state index >= 15 is 0 Å². The molecule has 3 aromatic rings. The van der Waals surface area contributed by atoms with Gasteiger partial charge in [0.15, 0.2) is 0 Å². The van der Waals surface area contributed by atoms with Gasteiger partial charge in [0.05, 0.1) is 5.69 Å². The third kappa shape index (κ3) is 2.69. The highest BCUT2D eigenvalue weighted by atomic mass is 79.9. The van der Waals surface area contributed by atoms with Crippen LogP contribution in [0.15, 0.2) is 40.5 Å². The van der Waals surface area contributed by atoms with Crippen molar-refractivity contribution in [2.45, 2.75) is 5.16 Å². The molecule has 0 saturated carbocycles. The van der Waals surface area contributed by atoms with Crippen LogP contribution in [0.1, 0.15) is 0 Å². The molecule has 2 aromatic heterocycles. The van der Waals surface area contributed by atoms with Gasteiger partial charge in [0, 0.05) is 4.47 Å². The fourth-order valence-corrected chi connectivity index (χ4v) is 3.05. The van der Waals surface area contributed by atoms with Crippen LogP contribution >= 0.6 is 15.9 Å². The maximum Gasteiger partial charge on any atom is 0.299 e. The highest BCUT2D eigenvalue weighted by Crippen LogP contribution is 2.25. The molecule has 0 saturated heterocycles. The molecule has 0 aliphatic carbocycles. The minimum absolute atomic E-state index is 0.101. The first-order valence-electron chi connectivity index (χ1n) is 5.46. The van der Waals surface area contributed by atoms with Crippen LogP contribution in [0, 0.1) is 5.82 Å². The largest absolute Gasteiger partial charge is 0.299 e. The maximum atomic E-state index is 13.0. The van der Waals surface area contributed by atoms with Crippen molar-refractivity contribution in [3.63, 3.8) is 0 Å². The summed E-state index contributed by atoms with van der Waals surface area (Å²) < 4.78 is 41.0. The third-order valence-corrected chi connectivity index (χ3v) is 4.22. The summed E-state index contributed by atoms with van der Waals surface area (Å²) in [6, 6.07) is 3.55. The highest BCUT2D eigenvalue weighted by molar-refractivity contribution is 9.10. The van der Waals surface area contributed by atoms with E-state index in [-0.39, 0.29) is 15.9 Å². The van der Waals surface area contributed by atoms with Gasteiger partial charge in [-0.3, -0.25) is 4.72 Å². The van der Waals surface area contributed by atoms with Crippen molar-refractivity contribution < 1.29 is 12.8 Å². The van der Waals surface area contributed by atoms with E-state index in [0.29, 0.717) is 0 Å². The van der Waals surface area contributed by atoms with Crippen molar-refractivity contribution in [2.75, 3.05) is 4.72 Å². The van der Waals surface area contributed by atoms with Gasteiger partial charge < -0.3 is 0 Å². The molecule has 0 amide bonds. The number of fused-ring (bicyclic) bond motifs is 1. The molecular weight excluding hydrogens is 367 g/mol. The van der Waals surface area contributed by atoms with Gasteiger partial charge in [0.1, 0.15) is 18.5 Å². The molecule has 1 aromatic carbocycles. The summed E-state index contributed by atoms with van der Waals surface area (Å²) in [5.41, 5.74) is 0.168. The Morgan fingerprint density at radius 3 is 2.86 bits per heavy atom. The van der Waals surface area contributed by atoms with E-state index < -0.39 is 21.0 Å². The number of nitrogens with one attached hydrogen (secondary N) is 1. The summed E-state index contributed by atoms with van der Waals surface area (Å²) >= 11 is 3.07. The lowest BCUT2D eigenvalue weighted by Crippen LogP contribution is -2.15. The minimum atomic E-state index is -4.02. The van der Waals surface area contributed by atoms with Crippen LogP contribution < -0.4 is 4.72 Å². The summed E-state index contributed by atoms with van der Waals surface area (Å²) in [6.07, 6.45) is 2.51. The molecule has 0 aliphatic heterocycles. The third-order valence-electron chi connectivity index (χ3n) is 2.43. The molecule has 0 radical (unpaired) electrons. The highest BCUT2D eigenvalue weighted by Gasteiger charge is 2.22. The molecule has 8 nitrogen and oxygen atoms in total. The van der Waals surface area contributed by atoms with Crippen LogP contribution in [-0.2, 0) is 10.0 Å². The average Bonchev–Trinajstić information content (AvgIpc) is 2.87. The Bertz CT molecular complexity index is 895. The van der Waals surface area contributed by atoms with Gasteiger partial charge in [0.2, 0.25) is 0 Å². The fraction of sp³-hybridized carbons (Fsp3) is 0. The second-order valence-electron chi connectivity index (χ2n) is 3.88. The van der Waals surface area contributed by atoms with Crippen LogP contribution in [0.3, 0.4) is 0 Å². The molecule has 0 fully saturated rings. The normalized spacial score (nSPS) is 11.7. The van der Waals surface area contributed by atoms with Crippen molar-refractivity contribution in [1.82, 2.24) is 24.6 Å². The summed E-state index contributed by atoms with van der Waals surface area (Å²) in [5.74, 6) is -0.394. The number of hydrogen-bond acceptors (Lipinski definition) is 6. The Hall–Kier alpha value is -2.14. The number of halogens is 2. The number of anilines is 1. The van der Waals surface area contributed by atoms with Crippen molar-refractivity contribution in [3.05, 3.63) is 41.1 Å². The first kappa shape index (κ1) is 13.8. The van der Waals surface area contributed by atoms with Crippen molar-refractivity contribution >= 4 is 37.4 Å². The number of rotatable bonds is 3. The van der Waals surface area contributed by atoms with E-state index in [1.165, 1.54) is 18.7 Å². The summed E-state index contributed by atoms with van der Waals surface area (Å²) in [5, 5.41) is 3.31. The average molecular weight is 373 g/mol. The lowest BCUT2D eigenvalue weighted by molar-refractivity contribution is 0.592. The van der Waals surface area contributed by atoms with Crippen molar-refractivity contribution in [2.24, 2.45) is 0 Å². The van der Waals surface area contributed by atoms with Gasteiger partial charge in [-0.25, -0.2) is 9.37 Å². The van der Waals surface area contributed by atoms with Gasteiger partial charge in [-0.15, -0.1) is 5.10 Å². The van der Waals surface area contributed by atoms with E-state index in [9.17, 15) is 12.8 Å². The summed E-state index contributed by atoms with van der Waals surface area (Å²) in [7, 11) is -4.02. The van der Waals surface area contributed by atoms with E-state index in [1.807, 2.05) is 0 Å². The Morgan fingerprint density at radius 2 is 2.14 bits per heavy atom. The van der Waals surface area contributed by atoms with Gasteiger partial charge in [-0.2, -0.15) is 22.9 Å². The van der Waals surface area contributed by atoms with E-state index in [2.05, 4.69) is 40.7 Å². The predicted octanol–water partition coefficient (Wildman–Crippen LogP) is 1.22. The second-order valence-corrected chi connectivity index (χ2v) is 6.31. The lowest BCUT2D eigenvalue weighted by Gasteiger charge is -2.06. The van der Waals surface area contributed by atoms with Crippen molar-refractivity contribution in [3.8, 4) is 0 Å². The zero-order valence-corrected chi connectivity index (χ0v) is 12.5. The maximum absolute atomic E-state index is 13.0. The Morgan fingerprint density at radius 1 is 1.33 bits per heavy atom. The van der Waals surface area contributed by atoms with Gasteiger partial charge >= 0.3 is 0 Å². The molecule has 21 heavy (non-hydrogen) atoms. The molecule has 0 unspecified atom stereocenters. The first-order valence-corrected chi connectivity index (χ1v) is 7.73. The van der Waals surface area contributed by atoms with Crippen LogP contribution in [0.4, 0.5) is 10.1 Å². The fourth-order valence-electron chi connectivity index (χ4n) is 1.52. The second kappa shape index (κ2) is 5.00. The molecule has 0 atom stereocenters. The van der Waals surface area contributed by atoms with Gasteiger partial charge in [-0.1, -0.05) is 0 Å². The number of aromatic nitrogens is 5. The minimum Gasteiger partial charge on any atom is -0.276 e. The molecule has 0 bridgehead atoms. The number of sulfonamides is 1.